The molecule has 0 aromatic heterocycles. The lowest BCUT2D eigenvalue weighted by Crippen LogP contribution is -2.03. The molecule has 0 aliphatic carbocycles. The number of hydrogen-bond donors (Lipinski definition) is 1. The van der Waals surface area contributed by atoms with E-state index in [1.54, 1.807) is 18.2 Å². The molecule has 3 aromatic rings. The fourth-order valence-corrected chi connectivity index (χ4v) is 3.17. The van der Waals surface area contributed by atoms with Gasteiger partial charge in [0.05, 0.1) is 6.10 Å². The maximum atomic E-state index is 10.4. The summed E-state index contributed by atoms with van der Waals surface area (Å²) >= 11 is 12.3. The van der Waals surface area contributed by atoms with Crippen LogP contribution in [0.25, 0.3) is 10.8 Å². The summed E-state index contributed by atoms with van der Waals surface area (Å²) in [5.41, 5.74) is 1.64. The predicted molar refractivity (Wildman–Crippen MR) is 89.1 cm³/mol. The molecule has 1 nitrogen and oxygen atoms in total. The van der Waals surface area contributed by atoms with E-state index in [0.717, 1.165) is 10.9 Å². The molecule has 0 bridgehead atoms. The minimum Gasteiger partial charge on any atom is -0.388 e. The number of aliphatic hydroxyl groups excluding tert-OH is 1. The fourth-order valence-electron chi connectivity index (χ4n) is 2.52. The van der Waals surface area contributed by atoms with Crippen molar-refractivity contribution in [3.63, 3.8) is 0 Å². The van der Waals surface area contributed by atoms with Crippen molar-refractivity contribution in [2.75, 3.05) is 0 Å². The Morgan fingerprint density at radius 1 is 0.810 bits per heavy atom. The Labute approximate surface area is 133 Å². The summed E-state index contributed by atoms with van der Waals surface area (Å²) in [5, 5.41) is 13.8. The Morgan fingerprint density at radius 3 is 2.19 bits per heavy atom. The number of hydrogen-bond acceptors (Lipinski definition) is 1. The van der Waals surface area contributed by atoms with Crippen molar-refractivity contribution in [3.8, 4) is 0 Å². The van der Waals surface area contributed by atoms with Crippen molar-refractivity contribution in [1.29, 1.82) is 0 Å². The Morgan fingerprint density at radius 2 is 1.48 bits per heavy atom. The second-order valence-electron chi connectivity index (χ2n) is 5.04. The maximum Gasteiger partial charge on any atom is 0.0859 e. The lowest BCUT2D eigenvalue weighted by Gasteiger charge is -2.15. The van der Waals surface area contributed by atoms with Gasteiger partial charge in [0.15, 0.2) is 0 Å². The van der Waals surface area contributed by atoms with E-state index in [0.29, 0.717) is 22.0 Å². The third-order valence-electron chi connectivity index (χ3n) is 3.58. The van der Waals surface area contributed by atoms with E-state index in [1.807, 2.05) is 18.2 Å². The molecule has 21 heavy (non-hydrogen) atoms. The van der Waals surface area contributed by atoms with Crippen LogP contribution in [0.5, 0.6) is 0 Å². The lowest BCUT2D eigenvalue weighted by atomic mass is 9.99. The first-order valence-electron chi connectivity index (χ1n) is 6.75. The van der Waals surface area contributed by atoms with Crippen LogP contribution in [0.1, 0.15) is 17.2 Å². The zero-order valence-electron chi connectivity index (χ0n) is 11.3. The maximum absolute atomic E-state index is 10.4. The molecule has 0 spiro atoms. The summed E-state index contributed by atoms with van der Waals surface area (Å²) < 4.78 is 0. The predicted octanol–water partition coefficient (Wildman–Crippen LogP) is 5.42. The number of rotatable bonds is 3. The van der Waals surface area contributed by atoms with Gasteiger partial charge in [0.25, 0.3) is 0 Å². The SMILES string of the molecule is OC(Cc1ccc2ccccc2c1)c1c(Cl)cccc1Cl. The van der Waals surface area contributed by atoms with Crippen molar-refractivity contribution in [2.45, 2.75) is 12.5 Å². The molecular weight excluding hydrogens is 303 g/mol. The van der Waals surface area contributed by atoms with Gasteiger partial charge in [-0.2, -0.15) is 0 Å². The number of benzene rings is 3. The van der Waals surface area contributed by atoms with Crippen LogP contribution in [-0.4, -0.2) is 5.11 Å². The van der Waals surface area contributed by atoms with Crippen molar-refractivity contribution >= 4 is 34.0 Å². The molecule has 3 heteroatoms. The van der Waals surface area contributed by atoms with Crippen LogP contribution >= 0.6 is 23.2 Å². The summed E-state index contributed by atoms with van der Waals surface area (Å²) in [7, 11) is 0. The molecule has 3 aromatic carbocycles. The molecule has 1 atom stereocenters. The van der Waals surface area contributed by atoms with Crippen LogP contribution in [0, 0.1) is 0 Å². The highest BCUT2D eigenvalue weighted by Gasteiger charge is 2.16. The number of aliphatic hydroxyl groups is 1. The van der Waals surface area contributed by atoms with Gasteiger partial charge in [0.1, 0.15) is 0 Å². The molecule has 0 saturated carbocycles. The first kappa shape index (κ1) is 14.4. The van der Waals surface area contributed by atoms with E-state index in [9.17, 15) is 5.11 Å². The minimum atomic E-state index is -0.715. The third-order valence-corrected chi connectivity index (χ3v) is 4.24. The molecule has 1 N–H and O–H groups in total. The molecule has 1 unspecified atom stereocenters. The molecule has 106 valence electrons. The van der Waals surface area contributed by atoms with Crippen molar-refractivity contribution in [3.05, 3.63) is 81.8 Å². The van der Waals surface area contributed by atoms with Gasteiger partial charge in [-0.05, 0) is 28.5 Å². The first-order valence-corrected chi connectivity index (χ1v) is 7.50. The number of fused-ring (bicyclic) bond motifs is 1. The average molecular weight is 317 g/mol. The summed E-state index contributed by atoms with van der Waals surface area (Å²) in [6.07, 6.45) is -0.235. The Hall–Kier alpha value is -1.54. The zero-order chi connectivity index (χ0) is 14.8. The van der Waals surface area contributed by atoms with Gasteiger partial charge in [-0.25, -0.2) is 0 Å². The van der Waals surface area contributed by atoms with Gasteiger partial charge in [-0.3, -0.25) is 0 Å². The van der Waals surface area contributed by atoms with Crippen molar-refractivity contribution < 1.29 is 5.11 Å². The van der Waals surface area contributed by atoms with E-state index in [2.05, 4.69) is 24.3 Å². The summed E-state index contributed by atoms with van der Waals surface area (Å²) in [6.45, 7) is 0. The van der Waals surface area contributed by atoms with Crippen LogP contribution in [-0.2, 0) is 6.42 Å². The van der Waals surface area contributed by atoms with E-state index in [-0.39, 0.29) is 0 Å². The van der Waals surface area contributed by atoms with Crippen LogP contribution in [0.4, 0.5) is 0 Å². The Bertz CT molecular complexity index is 763. The first-order chi connectivity index (χ1) is 10.1. The second kappa shape index (κ2) is 6.07. The molecule has 0 fully saturated rings. The minimum absolute atomic E-state index is 0.480. The van der Waals surface area contributed by atoms with Crippen molar-refractivity contribution in [1.82, 2.24) is 0 Å². The second-order valence-corrected chi connectivity index (χ2v) is 5.85. The van der Waals surface area contributed by atoms with Gasteiger partial charge < -0.3 is 5.11 Å². The van der Waals surface area contributed by atoms with Gasteiger partial charge in [-0.1, -0.05) is 71.7 Å². The third kappa shape index (κ3) is 3.06. The molecule has 0 aliphatic heterocycles. The largest absolute Gasteiger partial charge is 0.388 e. The molecule has 0 amide bonds. The average Bonchev–Trinajstić information content (AvgIpc) is 2.47. The zero-order valence-corrected chi connectivity index (χ0v) is 12.8. The van der Waals surface area contributed by atoms with E-state index in [4.69, 9.17) is 23.2 Å². The van der Waals surface area contributed by atoms with Gasteiger partial charge in [0, 0.05) is 22.0 Å². The van der Waals surface area contributed by atoms with Gasteiger partial charge in [0.2, 0.25) is 0 Å². The van der Waals surface area contributed by atoms with Crippen molar-refractivity contribution in [2.24, 2.45) is 0 Å². The smallest absolute Gasteiger partial charge is 0.0859 e. The molecule has 0 aliphatic rings. The summed E-state index contributed by atoms with van der Waals surface area (Å²) in [6, 6.07) is 19.6. The highest BCUT2D eigenvalue weighted by molar-refractivity contribution is 6.36. The lowest BCUT2D eigenvalue weighted by molar-refractivity contribution is 0.178. The van der Waals surface area contributed by atoms with Crippen LogP contribution < -0.4 is 0 Å². The van der Waals surface area contributed by atoms with E-state index in [1.165, 1.54) is 5.39 Å². The van der Waals surface area contributed by atoms with E-state index < -0.39 is 6.10 Å². The quantitative estimate of drug-likeness (QED) is 0.683. The van der Waals surface area contributed by atoms with Gasteiger partial charge >= 0.3 is 0 Å². The normalized spacial score (nSPS) is 12.5. The molecule has 3 rings (SSSR count). The molecule has 0 radical (unpaired) electrons. The van der Waals surface area contributed by atoms with Crippen LogP contribution in [0.15, 0.2) is 60.7 Å². The highest BCUT2D eigenvalue weighted by Crippen LogP contribution is 2.32. The summed E-state index contributed by atoms with van der Waals surface area (Å²) in [4.78, 5) is 0. The monoisotopic (exact) mass is 316 g/mol. The summed E-state index contributed by atoms with van der Waals surface area (Å²) in [5.74, 6) is 0. The standard InChI is InChI=1S/C18H14Cl2O/c19-15-6-3-7-16(20)18(15)17(21)11-12-8-9-13-4-1-2-5-14(13)10-12/h1-10,17,21H,11H2. The molecule has 0 saturated heterocycles. The van der Waals surface area contributed by atoms with E-state index >= 15 is 0 Å². The topological polar surface area (TPSA) is 20.2 Å². The highest BCUT2D eigenvalue weighted by atomic mass is 35.5. The Kier molecular flexibility index (Phi) is 4.16. The van der Waals surface area contributed by atoms with Crippen LogP contribution in [0.3, 0.4) is 0 Å². The van der Waals surface area contributed by atoms with Crippen LogP contribution in [0.2, 0.25) is 10.0 Å². The number of halogens is 2. The molecular formula is C18H14Cl2O. The Balaban J connectivity index is 1.91. The fraction of sp³-hybridized carbons (Fsp3) is 0.111. The van der Waals surface area contributed by atoms with Gasteiger partial charge in [-0.15, -0.1) is 0 Å². The molecule has 0 heterocycles.